The SMILES string of the molecule is O=c1c2ccccc2nnn1Cc1ccc(Cl)c(Cl)c1. The Hall–Kier alpha value is -1.91. The molecule has 4 nitrogen and oxygen atoms in total. The van der Waals surface area contributed by atoms with E-state index in [1.54, 1.807) is 36.4 Å². The second-order valence-electron chi connectivity index (χ2n) is 4.32. The van der Waals surface area contributed by atoms with E-state index in [2.05, 4.69) is 10.3 Å². The van der Waals surface area contributed by atoms with Gasteiger partial charge in [0.2, 0.25) is 0 Å². The van der Waals surface area contributed by atoms with Crippen molar-refractivity contribution in [2.24, 2.45) is 0 Å². The van der Waals surface area contributed by atoms with Crippen LogP contribution in [0.4, 0.5) is 0 Å². The summed E-state index contributed by atoms with van der Waals surface area (Å²) in [4.78, 5) is 12.3. The minimum absolute atomic E-state index is 0.179. The van der Waals surface area contributed by atoms with Crippen LogP contribution in [0, 0.1) is 0 Å². The first-order chi connectivity index (χ1) is 9.65. The summed E-state index contributed by atoms with van der Waals surface area (Å²) in [6.07, 6.45) is 0. The van der Waals surface area contributed by atoms with Gasteiger partial charge in [-0.2, -0.15) is 0 Å². The summed E-state index contributed by atoms with van der Waals surface area (Å²) in [5, 5.41) is 9.44. The van der Waals surface area contributed by atoms with Crippen LogP contribution in [0.1, 0.15) is 5.56 Å². The summed E-state index contributed by atoms with van der Waals surface area (Å²) in [6.45, 7) is 0.299. The number of hydrogen-bond donors (Lipinski definition) is 0. The van der Waals surface area contributed by atoms with E-state index in [1.165, 1.54) is 4.68 Å². The molecule has 6 heteroatoms. The van der Waals surface area contributed by atoms with Gasteiger partial charge in [0.05, 0.1) is 22.0 Å². The molecule has 0 atom stereocenters. The molecule has 0 saturated carbocycles. The predicted octanol–water partition coefficient (Wildman–Crippen LogP) is 3.15. The molecule has 0 N–H and O–H groups in total. The van der Waals surface area contributed by atoms with Gasteiger partial charge in [-0.15, -0.1) is 5.10 Å². The second kappa shape index (κ2) is 5.23. The van der Waals surface area contributed by atoms with Crippen molar-refractivity contribution >= 4 is 34.1 Å². The molecule has 1 aromatic heterocycles. The van der Waals surface area contributed by atoms with Gasteiger partial charge < -0.3 is 0 Å². The summed E-state index contributed by atoms with van der Waals surface area (Å²) in [5.41, 5.74) is 1.25. The first-order valence-electron chi connectivity index (χ1n) is 5.91. The Morgan fingerprint density at radius 1 is 1.05 bits per heavy atom. The lowest BCUT2D eigenvalue weighted by molar-refractivity contribution is 0.601. The maximum Gasteiger partial charge on any atom is 0.277 e. The van der Waals surface area contributed by atoms with E-state index in [1.807, 2.05) is 6.07 Å². The molecule has 0 radical (unpaired) electrons. The molecule has 0 fully saturated rings. The van der Waals surface area contributed by atoms with Gasteiger partial charge >= 0.3 is 0 Å². The summed E-state index contributed by atoms with van der Waals surface area (Å²) in [6, 6.07) is 12.3. The Morgan fingerprint density at radius 3 is 2.65 bits per heavy atom. The van der Waals surface area contributed by atoms with Gasteiger partial charge in [0, 0.05) is 0 Å². The lowest BCUT2D eigenvalue weighted by atomic mass is 10.2. The van der Waals surface area contributed by atoms with Crippen molar-refractivity contribution in [2.75, 3.05) is 0 Å². The third-order valence-electron chi connectivity index (χ3n) is 2.95. The normalized spacial score (nSPS) is 10.9. The number of rotatable bonds is 2. The minimum atomic E-state index is -0.179. The molecular formula is C14H9Cl2N3O. The summed E-state index contributed by atoms with van der Waals surface area (Å²) in [5.74, 6) is 0. The Balaban J connectivity index is 2.04. The smallest absolute Gasteiger partial charge is 0.267 e. The predicted molar refractivity (Wildman–Crippen MR) is 79.4 cm³/mol. The number of benzene rings is 2. The molecule has 2 aromatic carbocycles. The molecule has 0 amide bonds. The van der Waals surface area contributed by atoms with Gasteiger partial charge in [-0.1, -0.05) is 46.6 Å². The summed E-state index contributed by atoms with van der Waals surface area (Å²) < 4.78 is 1.31. The maximum atomic E-state index is 12.3. The molecule has 3 rings (SSSR count). The fourth-order valence-electron chi connectivity index (χ4n) is 1.94. The number of hydrogen-bond acceptors (Lipinski definition) is 3. The summed E-state index contributed by atoms with van der Waals surface area (Å²) in [7, 11) is 0. The number of fused-ring (bicyclic) bond motifs is 1. The van der Waals surface area contributed by atoms with Gasteiger partial charge in [0.25, 0.3) is 5.56 Å². The van der Waals surface area contributed by atoms with Crippen LogP contribution in [0.3, 0.4) is 0 Å². The maximum absolute atomic E-state index is 12.3. The fourth-order valence-corrected chi connectivity index (χ4v) is 2.26. The zero-order valence-electron chi connectivity index (χ0n) is 10.3. The van der Waals surface area contributed by atoms with E-state index in [0.29, 0.717) is 27.5 Å². The average molecular weight is 306 g/mol. The van der Waals surface area contributed by atoms with Crippen LogP contribution in [0.25, 0.3) is 10.9 Å². The van der Waals surface area contributed by atoms with Crippen LogP contribution in [0.5, 0.6) is 0 Å². The number of halogens is 2. The highest BCUT2D eigenvalue weighted by Gasteiger charge is 2.06. The molecule has 0 bridgehead atoms. The molecule has 0 spiro atoms. The second-order valence-corrected chi connectivity index (χ2v) is 5.13. The Kier molecular flexibility index (Phi) is 3.42. The molecule has 0 aliphatic rings. The van der Waals surface area contributed by atoms with Crippen LogP contribution >= 0.6 is 23.2 Å². The van der Waals surface area contributed by atoms with Crippen molar-refractivity contribution in [3.63, 3.8) is 0 Å². The molecule has 0 aliphatic heterocycles. The molecule has 20 heavy (non-hydrogen) atoms. The zero-order valence-corrected chi connectivity index (χ0v) is 11.8. The van der Waals surface area contributed by atoms with Crippen molar-refractivity contribution < 1.29 is 0 Å². The third-order valence-corrected chi connectivity index (χ3v) is 3.68. The lowest BCUT2D eigenvalue weighted by Gasteiger charge is -2.06. The van der Waals surface area contributed by atoms with Crippen molar-refractivity contribution in [1.82, 2.24) is 15.0 Å². The fraction of sp³-hybridized carbons (Fsp3) is 0.0714. The monoisotopic (exact) mass is 305 g/mol. The van der Waals surface area contributed by atoms with Crippen LogP contribution in [-0.4, -0.2) is 15.0 Å². The van der Waals surface area contributed by atoms with Gasteiger partial charge in [0.15, 0.2) is 0 Å². The van der Waals surface area contributed by atoms with E-state index >= 15 is 0 Å². The van der Waals surface area contributed by atoms with Gasteiger partial charge in [0.1, 0.15) is 5.52 Å². The highest BCUT2D eigenvalue weighted by atomic mass is 35.5. The third kappa shape index (κ3) is 2.40. The quantitative estimate of drug-likeness (QED) is 0.731. The van der Waals surface area contributed by atoms with Gasteiger partial charge in [-0.3, -0.25) is 4.79 Å². The zero-order chi connectivity index (χ0) is 14.1. The molecular weight excluding hydrogens is 297 g/mol. The van der Waals surface area contributed by atoms with Crippen LogP contribution < -0.4 is 5.56 Å². The first-order valence-corrected chi connectivity index (χ1v) is 6.67. The summed E-state index contributed by atoms with van der Waals surface area (Å²) >= 11 is 11.8. The molecule has 0 saturated heterocycles. The van der Waals surface area contributed by atoms with E-state index in [-0.39, 0.29) is 5.56 Å². The van der Waals surface area contributed by atoms with Crippen LogP contribution in [0.15, 0.2) is 47.3 Å². The Morgan fingerprint density at radius 2 is 1.85 bits per heavy atom. The molecule has 0 unspecified atom stereocenters. The topological polar surface area (TPSA) is 47.8 Å². The van der Waals surface area contributed by atoms with Gasteiger partial charge in [-0.05, 0) is 29.8 Å². The van der Waals surface area contributed by atoms with Crippen LogP contribution in [0.2, 0.25) is 10.0 Å². The molecule has 3 aromatic rings. The van der Waals surface area contributed by atoms with Crippen molar-refractivity contribution in [2.45, 2.75) is 6.54 Å². The van der Waals surface area contributed by atoms with E-state index in [0.717, 1.165) is 5.56 Å². The minimum Gasteiger partial charge on any atom is -0.267 e. The molecule has 1 heterocycles. The highest BCUT2D eigenvalue weighted by Crippen LogP contribution is 2.22. The largest absolute Gasteiger partial charge is 0.277 e. The average Bonchev–Trinajstić information content (AvgIpc) is 2.46. The van der Waals surface area contributed by atoms with E-state index in [4.69, 9.17) is 23.2 Å². The first kappa shape index (κ1) is 13.1. The van der Waals surface area contributed by atoms with Crippen molar-refractivity contribution in [1.29, 1.82) is 0 Å². The standard InChI is InChI=1S/C14H9Cl2N3O/c15-11-6-5-9(7-12(11)16)8-19-14(20)10-3-1-2-4-13(10)17-18-19/h1-7H,8H2. The van der Waals surface area contributed by atoms with Crippen molar-refractivity contribution in [3.8, 4) is 0 Å². The Bertz CT molecular complexity index is 845. The van der Waals surface area contributed by atoms with Crippen LogP contribution in [-0.2, 0) is 6.54 Å². The highest BCUT2D eigenvalue weighted by molar-refractivity contribution is 6.42. The van der Waals surface area contributed by atoms with Crippen molar-refractivity contribution in [3.05, 3.63) is 68.4 Å². The van der Waals surface area contributed by atoms with Gasteiger partial charge in [-0.25, -0.2) is 4.68 Å². The molecule has 0 aliphatic carbocycles. The number of aromatic nitrogens is 3. The Labute approximate surface area is 124 Å². The lowest BCUT2D eigenvalue weighted by Crippen LogP contribution is -2.24. The van der Waals surface area contributed by atoms with E-state index < -0.39 is 0 Å². The van der Waals surface area contributed by atoms with E-state index in [9.17, 15) is 4.79 Å². The molecule has 100 valence electrons. The number of nitrogens with zero attached hydrogens (tertiary/aromatic N) is 3.